The molecule has 0 atom stereocenters. The summed E-state index contributed by atoms with van der Waals surface area (Å²) in [5.74, 6) is 0.595. The Morgan fingerprint density at radius 2 is 2.22 bits per heavy atom. The first-order valence-electron chi connectivity index (χ1n) is 6.90. The molecule has 1 aliphatic heterocycles. The van der Waals surface area contributed by atoms with Crippen molar-refractivity contribution in [2.75, 3.05) is 26.2 Å². The number of imide groups is 1. The van der Waals surface area contributed by atoms with E-state index in [0.29, 0.717) is 31.6 Å². The van der Waals surface area contributed by atoms with Gasteiger partial charge < -0.3 is 5.32 Å². The number of carbonyl (C=O) groups is 2. The molecule has 5 nitrogen and oxygen atoms in total. The van der Waals surface area contributed by atoms with Gasteiger partial charge in [-0.05, 0) is 31.7 Å². The van der Waals surface area contributed by atoms with Crippen LogP contribution in [0.1, 0.15) is 33.1 Å². The Morgan fingerprint density at radius 3 is 2.72 bits per heavy atom. The van der Waals surface area contributed by atoms with Crippen molar-refractivity contribution >= 4 is 11.9 Å². The van der Waals surface area contributed by atoms with Gasteiger partial charge in [-0.3, -0.25) is 14.6 Å². The highest BCUT2D eigenvalue weighted by atomic mass is 16.2. The van der Waals surface area contributed by atoms with Crippen LogP contribution in [0, 0.1) is 5.92 Å². The molecule has 1 saturated heterocycles. The molecule has 0 aromatic heterocycles. The fourth-order valence-corrected chi connectivity index (χ4v) is 2.22. The van der Waals surface area contributed by atoms with Crippen LogP contribution in [0.15, 0.2) is 0 Å². The molecule has 3 amide bonds. The molecular weight excluding hydrogens is 230 g/mol. The Hall–Kier alpha value is -1.10. The number of rotatable bonds is 6. The van der Waals surface area contributed by atoms with E-state index in [-0.39, 0.29) is 11.9 Å². The fourth-order valence-electron chi connectivity index (χ4n) is 2.22. The molecule has 1 aliphatic carbocycles. The minimum absolute atomic E-state index is 0.0549. The summed E-state index contributed by atoms with van der Waals surface area (Å²) in [7, 11) is 0. The highest BCUT2D eigenvalue weighted by Gasteiger charge is 2.33. The molecule has 1 heterocycles. The Labute approximate surface area is 108 Å². The normalized spacial score (nSPS) is 19.8. The van der Waals surface area contributed by atoms with Crippen LogP contribution in [-0.2, 0) is 4.79 Å². The Morgan fingerprint density at radius 1 is 1.50 bits per heavy atom. The summed E-state index contributed by atoms with van der Waals surface area (Å²) in [4.78, 5) is 27.1. The lowest BCUT2D eigenvalue weighted by Gasteiger charge is -2.24. The monoisotopic (exact) mass is 253 g/mol. The molecule has 102 valence electrons. The van der Waals surface area contributed by atoms with Gasteiger partial charge >= 0.3 is 6.03 Å². The third-order valence-corrected chi connectivity index (χ3v) is 3.55. The molecule has 2 rings (SSSR count). The number of nitrogens with one attached hydrogen (secondary N) is 1. The maximum absolute atomic E-state index is 12.1. The summed E-state index contributed by atoms with van der Waals surface area (Å²) >= 11 is 0. The van der Waals surface area contributed by atoms with Gasteiger partial charge in [0.2, 0.25) is 5.91 Å². The van der Waals surface area contributed by atoms with Crippen LogP contribution < -0.4 is 5.32 Å². The van der Waals surface area contributed by atoms with Crippen molar-refractivity contribution in [3.63, 3.8) is 0 Å². The summed E-state index contributed by atoms with van der Waals surface area (Å²) in [6.07, 6.45) is 3.49. The van der Waals surface area contributed by atoms with Crippen LogP contribution in [0.5, 0.6) is 0 Å². The lowest BCUT2D eigenvalue weighted by atomic mass is 10.1. The van der Waals surface area contributed by atoms with Crippen molar-refractivity contribution < 1.29 is 9.59 Å². The second-order valence-corrected chi connectivity index (χ2v) is 5.66. The molecule has 0 aromatic carbocycles. The van der Waals surface area contributed by atoms with Gasteiger partial charge in [0.15, 0.2) is 0 Å². The molecule has 2 fully saturated rings. The number of hydrogen-bond acceptors (Lipinski definition) is 3. The number of amides is 3. The van der Waals surface area contributed by atoms with E-state index in [1.54, 1.807) is 0 Å². The lowest BCUT2D eigenvalue weighted by molar-refractivity contribution is -0.129. The van der Waals surface area contributed by atoms with Crippen LogP contribution in [0.25, 0.3) is 0 Å². The van der Waals surface area contributed by atoms with Crippen LogP contribution >= 0.6 is 0 Å². The minimum Gasteiger partial charge on any atom is -0.336 e. The van der Waals surface area contributed by atoms with Crippen molar-refractivity contribution in [2.45, 2.75) is 39.2 Å². The van der Waals surface area contributed by atoms with E-state index in [1.807, 2.05) is 0 Å². The molecule has 2 aliphatic rings. The molecule has 0 bridgehead atoms. The van der Waals surface area contributed by atoms with E-state index in [9.17, 15) is 9.59 Å². The zero-order chi connectivity index (χ0) is 13.1. The molecule has 0 spiro atoms. The van der Waals surface area contributed by atoms with E-state index in [0.717, 1.165) is 13.0 Å². The SMILES string of the molecule is CC(C)CCN(CC(=O)N1CCNC1=O)C1CC1. The number of nitrogens with zero attached hydrogens (tertiary/aromatic N) is 2. The smallest absolute Gasteiger partial charge is 0.324 e. The Bertz CT molecular complexity index is 326. The van der Waals surface area contributed by atoms with Crippen LogP contribution in [-0.4, -0.2) is 54.0 Å². The summed E-state index contributed by atoms with van der Waals surface area (Å²) in [6, 6.07) is 0.331. The highest BCUT2D eigenvalue weighted by molar-refractivity contribution is 5.96. The predicted octanol–water partition coefficient (Wildman–Crippen LogP) is 1.05. The molecule has 0 radical (unpaired) electrons. The molecule has 18 heavy (non-hydrogen) atoms. The zero-order valence-corrected chi connectivity index (χ0v) is 11.3. The van der Waals surface area contributed by atoms with Crippen molar-refractivity contribution in [3.05, 3.63) is 0 Å². The Kier molecular flexibility index (Phi) is 4.22. The van der Waals surface area contributed by atoms with Gasteiger partial charge in [-0.25, -0.2) is 4.79 Å². The third kappa shape index (κ3) is 3.45. The first-order chi connectivity index (χ1) is 8.58. The van der Waals surface area contributed by atoms with Gasteiger partial charge in [0.1, 0.15) is 0 Å². The lowest BCUT2D eigenvalue weighted by Crippen LogP contribution is -2.43. The average Bonchev–Trinajstić information content (AvgIpc) is 3.06. The van der Waals surface area contributed by atoms with E-state index in [4.69, 9.17) is 0 Å². The van der Waals surface area contributed by atoms with Gasteiger partial charge in [0.05, 0.1) is 6.54 Å². The maximum Gasteiger partial charge on any atom is 0.324 e. The van der Waals surface area contributed by atoms with Crippen LogP contribution in [0.3, 0.4) is 0 Å². The van der Waals surface area contributed by atoms with Gasteiger partial charge in [-0.15, -0.1) is 0 Å². The zero-order valence-electron chi connectivity index (χ0n) is 11.3. The maximum atomic E-state index is 12.1. The van der Waals surface area contributed by atoms with Crippen molar-refractivity contribution in [2.24, 2.45) is 5.92 Å². The number of hydrogen-bond donors (Lipinski definition) is 1. The summed E-state index contributed by atoms with van der Waals surface area (Å²) in [5.41, 5.74) is 0. The van der Waals surface area contributed by atoms with Gasteiger partial charge in [0.25, 0.3) is 0 Å². The largest absolute Gasteiger partial charge is 0.336 e. The number of urea groups is 1. The third-order valence-electron chi connectivity index (χ3n) is 3.55. The average molecular weight is 253 g/mol. The summed E-state index contributed by atoms with van der Waals surface area (Å²) < 4.78 is 0. The molecular formula is C13H23N3O2. The van der Waals surface area contributed by atoms with Gasteiger partial charge in [0, 0.05) is 19.1 Å². The topological polar surface area (TPSA) is 52.7 Å². The van der Waals surface area contributed by atoms with E-state index >= 15 is 0 Å². The van der Waals surface area contributed by atoms with Gasteiger partial charge in [-0.2, -0.15) is 0 Å². The second-order valence-electron chi connectivity index (χ2n) is 5.66. The van der Waals surface area contributed by atoms with Crippen molar-refractivity contribution in [1.29, 1.82) is 0 Å². The second kappa shape index (κ2) is 5.69. The molecule has 0 aromatic rings. The molecule has 0 unspecified atom stereocenters. The standard InChI is InChI=1S/C13H23N3O2/c1-10(2)5-7-15(11-3-4-11)9-12(17)16-8-6-14-13(16)18/h10-11H,3-9H2,1-2H3,(H,14,18). The minimum atomic E-state index is -0.236. The fraction of sp³-hybridized carbons (Fsp3) is 0.846. The summed E-state index contributed by atoms with van der Waals surface area (Å²) in [5, 5.41) is 2.67. The highest BCUT2D eigenvalue weighted by Crippen LogP contribution is 2.27. The van der Waals surface area contributed by atoms with E-state index < -0.39 is 0 Å². The van der Waals surface area contributed by atoms with Gasteiger partial charge in [-0.1, -0.05) is 13.8 Å². The first-order valence-corrected chi connectivity index (χ1v) is 6.90. The predicted molar refractivity (Wildman–Crippen MR) is 69.2 cm³/mol. The molecule has 1 N–H and O–H groups in total. The quantitative estimate of drug-likeness (QED) is 0.770. The van der Waals surface area contributed by atoms with E-state index in [1.165, 1.54) is 17.7 Å². The Balaban J connectivity index is 1.84. The van der Waals surface area contributed by atoms with Crippen molar-refractivity contribution in [1.82, 2.24) is 15.1 Å². The first kappa shape index (κ1) is 13.3. The van der Waals surface area contributed by atoms with E-state index in [2.05, 4.69) is 24.1 Å². The number of carbonyl (C=O) groups excluding carboxylic acids is 2. The summed E-state index contributed by atoms with van der Waals surface area (Å²) in [6.45, 7) is 6.84. The van der Waals surface area contributed by atoms with Crippen molar-refractivity contribution in [3.8, 4) is 0 Å². The molecule has 1 saturated carbocycles. The van der Waals surface area contributed by atoms with Crippen LogP contribution in [0.2, 0.25) is 0 Å². The molecule has 5 heteroatoms. The van der Waals surface area contributed by atoms with Crippen LogP contribution in [0.4, 0.5) is 4.79 Å².